The number of hydrogen-bond acceptors (Lipinski definition) is 7. The van der Waals surface area contributed by atoms with E-state index in [-0.39, 0.29) is 18.9 Å². The van der Waals surface area contributed by atoms with E-state index in [4.69, 9.17) is 0 Å². The third-order valence-corrected chi connectivity index (χ3v) is 6.93. The highest BCUT2D eigenvalue weighted by molar-refractivity contribution is 6.38. The number of benzene rings is 1. The summed E-state index contributed by atoms with van der Waals surface area (Å²) >= 11 is 0. The highest BCUT2D eigenvalue weighted by atomic mass is 16.2. The number of carbonyl (C=O) groups excluding carboxylic acids is 7. The summed E-state index contributed by atoms with van der Waals surface area (Å²) in [5, 5.41) is 12.7. The van der Waals surface area contributed by atoms with Gasteiger partial charge in [0.1, 0.15) is 18.1 Å². The van der Waals surface area contributed by atoms with Crippen LogP contribution < -0.4 is 26.6 Å². The van der Waals surface area contributed by atoms with E-state index in [0.29, 0.717) is 19.3 Å². The molecule has 244 valence electrons. The van der Waals surface area contributed by atoms with E-state index in [1.807, 2.05) is 30.3 Å². The molecule has 0 aliphatic carbocycles. The Morgan fingerprint density at radius 2 is 1.36 bits per heavy atom. The second-order valence-electron chi connectivity index (χ2n) is 11.5. The average molecular weight is 617 g/mol. The zero-order valence-corrected chi connectivity index (χ0v) is 26.8. The van der Waals surface area contributed by atoms with Gasteiger partial charge in [0.05, 0.1) is 12.5 Å². The number of carbonyl (C=O) groups is 7. The number of amides is 6. The van der Waals surface area contributed by atoms with Crippen LogP contribution in [0.2, 0.25) is 0 Å². The maximum absolute atomic E-state index is 13.4. The first-order chi connectivity index (χ1) is 20.7. The maximum Gasteiger partial charge on any atom is 0.289 e. The molecule has 0 radical (unpaired) electrons. The zero-order chi connectivity index (χ0) is 33.4. The smallest absolute Gasteiger partial charge is 0.289 e. The number of Topliss-reactive ketones (excluding diaryl/α,β-unsaturated/α-hetero) is 1. The summed E-state index contributed by atoms with van der Waals surface area (Å²) in [7, 11) is 2.98. The largest absolute Gasteiger partial charge is 0.349 e. The van der Waals surface area contributed by atoms with Crippen molar-refractivity contribution in [1.29, 1.82) is 0 Å². The molecule has 0 bridgehead atoms. The Hall–Kier alpha value is -4.29. The van der Waals surface area contributed by atoms with E-state index in [1.165, 1.54) is 19.0 Å². The maximum atomic E-state index is 13.4. The predicted octanol–water partition coefficient (Wildman–Crippen LogP) is 0.0738. The number of hydrogen-bond donors (Lipinski definition) is 5. The number of rotatable bonds is 19. The van der Waals surface area contributed by atoms with Crippen LogP contribution >= 0.6 is 0 Å². The third kappa shape index (κ3) is 12.5. The van der Waals surface area contributed by atoms with Crippen LogP contribution in [0.4, 0.5) is 0 Å². The Kier molecular flexibility index (Phi) is 16.4. The van der Waals surface area contributed by atoms with Crippen LogP contribution in [0, 0.1) is 11.8 Å². The predicted molar refractivity (Wildman–Crippen MR) is 165 cm³/mol. The Labute approximate surface area is 259 Å². The monoisotopic (exact) mass is 616 g/mol. The summed E-state index contributed by atoms with van der Waals surface area (Å²) in [4.78, 5) is 90.2. The van der Waals surface area contributed by atoms with E-state index in [0.717, 1.165) is 5.56 Å². The summed E-state index contributed by atoms with van der Waals surface area (Å²) in [6, 6.07) is 4.83. The van der Waals surface area contributed by atoms with E-state index < -0.39 is 71.8 Å². The molecule has 0 saturated carbocycles. The molecule has 1 aromatic rings. The summed E-state index contributed by atoms with van der Waals surface area (Å²) in [6.45, 7) is 8.85. The molecule has 0 saturated heterocycles. The summed E-state index contributed by atoms with van der Waals surface area (Å²) in [5.74, 6) is -5.00. The van der Waals surface area contributed by atoms with Crippen LogP contribution in [0.1, 0.15) is 59.4 Å². The average Bonchev–Trinajstić information content (AvgIpc) is 2.97. The topological polar surface area (TPSA) is 183 Å². The summed E-state index contributed by atoms with van der Waals surface area (Å²) in [5.41, 5.74) is 0.985. The molecule has 5 N–H and O–H groups in total. The molecule has 13 nitrogen and oxygen atoms in total. The highest BCUT2D eigenvalue weighted by Gasteiger charge is 2.34. The quantitative estimate of drug-likeness (QED) is 0.108. The van der Waals surface area contributed by atoms with Gasteiger partial charge in [-0.15, -0.1) is 0 Å². The van der Waals surface area contributed by atoms with Gasteiger partial charge in [-0.05, 0) is 30.2 Å². The fraction of sp³-hybridized carbons (Fsp3) is 0.581. The lowest BCUT2D eigenvalue weighted by molar-refractivity contribution is -0.141. The molecular formula is C31H48N6O7. The van der Waals surface area contributed by atoms with E-state index in [1.54, 1.807) is 34.6 Å². The van der Waals surface area contributed by atoms with Gasteiger partial charge < -0.3 is 31.5 Å². The van der Waals surface area contributed by atoms with Gasteiger partial charge in [0.2, 0.25) is 35.8 Å². The standard InChI is InChI=1S/C31H48N6O7/c1-8-12-22(27(40)31(44)32-16-15-21-13-10-9-11-14-21)34-28(41)23(17-24(39)37(6)7)35-30(43)26(20(4)5)36-29(42)25(19(2)3)33-18-38/h9-11,13-14,18-20,22-23,25-26H,8,12,15-17H2,1-7H3,(H,32,44)(H,33,38)(H,34,41)(H,35,43)(H,36,42)/t22?,23-,25-,26?/m0/s1. The lowest BCUT2D eigenvalue weighted by Gasteiger charge is -2.28. The van der Waals surface area contributed by atoms with Gasteiger partial charge >= 0.3 is 0 Å². The molecule has 0 fully saturated rings. The molecule has 4 atom stereocenters. The molecule has 0 heterocycles. The molecule has 0 aromatic heterocycles. The first kappa shape index (κ1) is 37.7. The van der Waals surface area contributed by atoms with Crippen molar-refractivity contribution in [2.75, 3.05) is 20.6 Å². The molecule has 44 heavy (non-hydrogen) atoms. The van der Waals surface area contributed by atoms with Crippen molar-refractivity contribution < 1.29 is 33.6 Å². The van der Waals surface area contributed by atoms with E-state index in [9.17, 15) is 33.6 Å². The fourth-order valence-electron chi connectivity index (χ4n) is 4.29. The molecule has 1 rings (SSSR count). The summed E-state index contributed by atoms with van der Waals surface area (Å²) < 4.78 is 0. The van der Waals surface area contributed by atoms with Gasteiger partial charge in [-0.1, -0.05) is 71.4 Å². The molecular weight excluding hydrogens is 568 g/mol. The van der Waals surface area contributed by atoms with Gasteiger partial charge in [-0.2, -0.15) is 0 Å². The first-order valence-electron chi connectivity index (χ1n) is 14.9. The Morgan fingerprint density at radius 3 is 1.89 bits per heavy atom. The van der Waals surface area contributed by atoms with Crippen molar-refractivity contribution >= 4 is 41.7 Å². The molecule has 2 unspecified atom stereocenters. The molecule has 0 aliphatic rings. The van der Waals surface area contributed by atoms with Crippen LogP contribution in [-0.4, -0.2) is 91.4 Å². The number of nitrogens with one attached hydrogen (secondary N) is 5. The van der Waals surface area contributed by atoms with Crippen molar-refractivity contribution in [1.82, 2.24) is 31.5 Å². The SMILES string of the molecule is CCCC(NC(=O)[C@H](CC(=O)N(C)C)NC(=O)C(NC(=O)[C@@H](NC=O)C(C)C)C(C)C)C(=O)C(=O)NCCc1ccccc1. The fourth-order valence-corrected chi connectivity index (χ4v) is 4.29. The van der Waals surface area contributed by atoms with E-state index >= 15 is 0 Å². The zero-order valence-electron chi connectivity index (χ0n) is 26.8. The first-order valence-corrected chi connectivity index (χ1v) is 14.9. The molecule has 6 amide bonds. The van der Waals surface area contributed by atoms with Gasteiger partial charge in [-0.25, -0.2) is 0 Å². The van der Waals surface area contributed by atoms with Gasteiger partial charge in [0, 0.05) is 20.6 Å². The molecule has 13 heteroatoms. The molecule has 0 aliphatic heterocycles. The van der Waals surface area contributed by atoms with Crippen molar-refractivity contribution in [3.8, 4) is 0 Å². The Bertz CT molecular complexity index is 1140. The number of nitrogens with zero attached hydrogens (tertiary/aromatic N) is 1. The van der Waals surface area contributed by atoms with Crippen molar-refractivity contribution in [3.63, 3.8) is 0 Å². The van der Waals surface area contributed by atoms with Gasteiger partial charge in [0.15, 0.2) is 0 Å². The van der Waals surface area contributed by atoms with Crippen molar-refractivity contribution in [2.24, 2.45) is 11.8 Å². The highest BCUT2D eigenvalue weighted by Crippen LogP contribution is 2.09. The Balaban J connectivity index is 3.08. The third-order valence-electron chi connectivity index (χ3n) is 6.93. The normalized spacial score (nSPS) is 13.6. The molecule has 1 aromatic carbocycles. The second kappa shape index (κ2) is 19.1. The van der Waals surface area contributed by atoms with Gasteiger partial charge in [-0.3, -0.25) is 33.6 Å². The van der Waals surface area contributed by atoms with Crippen LogP contribution in [0.5, 0.6) is 0 Å². The van der Waals surface area contributed by atoms with Crippen molar-refractivity contribution in [2.45, 2.75) is 84.5 Å². The molecule has 0 spiro atoms. The summed E-state index contributed by atoms with van der Waals surface area (Å²) in [6.07, 6.45) is 1.11. The minimum Gasteiger partial charge on any atom is -0.349 e. The van der Waals surface area contributed by atoms with Crippen LogP contribution in [0.3, 0.4) is 0 Å². The Morgan fingerprint density at radius 1 is 0.795 bits per heavy atom. The lowest BCUT2D eigenvalue weighted by Crippen LogP contribution is -2.60. The minimum atomic E-state index is -1.40. The van der Waals surface area contributed by atoms with Crippen LogP contribution in [0.25, 0.3) is 0 Å². The number of ketones is 1. The minimum absolute atomic E-state index is 0.157. The van der Waals surface area contributed by atoms with Crippen LogP contribution in [-0.2, 0) is 40.0 Å². The van der Waals surface area contributed by atoms with E-state index in [2.05, 4.69) is 26.6 Å². The van der Waals surface area contributed by atoms with Gasteiger partial charge in [0.25, 0.3) is 5.91 Å². The second-order valence-corrected chi connectivity index (χ2v) is 11.5. The van der Waals surface area contributed by atoms with Crippen LogP contribution in [0.15, 0.2) is 30.3 Å². The van der Waals surface area contributed by atoms with Crippen molar-refractivity contribution in [3.05, 3.63) is 35.9 Å². The lowest BCUT2D eigenvalue weighted by atomic mass is 9.99.